The molecule has 20 nitrogen and oxygen atoms in total. The summed E-state index contributed by atoms with van der Waals surface area (Å²) in [5.41, 5.74) is 19.9. The Morgan fingerprint density at radius 3 is 1.29 bits per heavy atom. The highest BCUT2D eigenvalue weighted by Crippen LogP contribution is 2.42. The zero-order valence-corrected chi connectivity index (χ0v) is 36.5. The summed E-state index contributed by atoms with van der Waals surface area (Å²) in [4.78, 5) is 34.3. The molecule has 12 atom stereocenters. The lowest BCUT2D eigenvalue weighted by atomic mass is 9.98. The van der Waals surface area contributed by atoms with Crippen LogP contribution in [0.2, 0.25) is 0 Å². The number of carbonyl (C=O) groups excluding carboxylic acids is 2. The van der Waals surface area contributed by atoms with Crippen molar-refractivity contribution in [2.24, 2.45) is 10.2 Å². The molecule has 4 aliphatic rings. The van der Waals surface area contributed by atoms with Crippen molar-refractivity contribution < 1.29 is 57.7 Å². The molecule has 4 fully saturated rings. The molecule has 0 unspecified atom stereocenters. The van der Waals surface area contributed by atoms with Crippen LogP contribution in [0.15, 0.2) is 70.9 Å². The molecular formula is C42H60N8O12. The lowest BCUT2D eigenvalue weighted by Crippen LogP contribution is -2.52. The number of likely N-dealkylation sites (N-methyl/N-ethyl adjacent to an activating group) is 2. The van der Waals surface area contributed by atoms with E-state index in [9.17, 15) is 19.8 Å². The van der Waals surface area contributed by atoms with Gasteiger partial charge in [-0.05, 0) is 77.6 Å². The van der Waals surface area contributed by atoms with Crippen LogP contribution in [0.3, 0.4) is 0 Å². The molecule has 0 aliphatic carbocycles. The Morgan fingerprint density at radius 2 is 0.984 bits per heavy atom. The molecule has 2 aromatic rings. The molecule has 62 heavy (non-hydrogen) atoms. The summed E-state index contributed by atoms with van der Waals surface area (Å²) >= 11 is 0. The Labute approximate surface area is 361 Å². The lowest BCUT2D eigenvalue weighted by molar-refractivity contribution is -0.232. The first-order chi connectivity index (χ1) is 29.6. The predicted octanol–water partition coefficient (Wildman–Crippen LogP) is 4.71. The van der Waals surface area contributed by atoms with Gasteiger partial charge in [-0.15, -0.1) is 0 Å². The van der Waals surface area contributed by atoms with Gasteiger partial charge in [0.15, 0.2) is 24.2 Å². The number of hydrogen-bond acceptors (Lipinski definition) is 14. The summed E-state index contributed by atoms with van der Waals surface area (Å²) < 4.78 is 47.6. The normalized spacial score (nSPS) is 28.4. The van der Waals surface area contributed by atoms with E-state index in [0.29, 0.717) is 26.2 Å². The van der Waals surface area contributed by atoms with Crippen molar-refractivity contribution >= 4 is 11.8 Å². The Kier molecular flexibility index (Phi) is 17.1. The molecule has 2 aromatic carbocycles. The van der Waals surface area contributed by atoms with Gasteiger partial charge in [0, 0.05) is 36.0 Å². The minimum Gasteiger partial charge on any atom is -0.389 e. The van der Waals surface area contributed by atoms with Crippen LogP contribution in [0.4, 0.5) is 0 Å². The average Bonchev–Trinajstić information content (AvgIpc) is 3.95. The summed E-state index contributed by atoms with van der Waals surface area (Å²) in [5.74, 6) is -2.69. The van der Waals surface area contributed by atoms with Gasteiger partial charge in [-0.3, -0.25) is 9.59 Å². The van der Waals surface area contributed by atoms with E-state index >= 15 is 0 Å². The van der Waals surface area contributed by atoms with Crippen molar-refractivity contribution in [2.45, 2.75) is 154 Å². The monoisotopic (exact) mass is 868 g/mol. The number of hydrogen-bond donors (Lipinski definition) is 2. The molecule has 4 heterocycles. The zero-order chi connectivity index (χ0) is 45.2. The topological polar surface area (TPSA) is 252 Å². The third-order valence-corrected chi connectivity index (χ3v) is 11.0. The second-order valence-electron chi connectivity index (χ2n) is 16.0. The lowest BCUT2D eigenvalue weighted by Gasteiger charge is -2.32. The number of fused-ring (bicyclic) bond motifs is 2. The number of ether oxygens (including phenoxy) is 8. The van der Waals surface area contributed by atoms with E-state index < -0.39 is 96.9 Å². The number of aliphatic hydroxyl groups is 2. The number of carbonyl (C=O) groups is 2. The summed E-state index contributed by atoms with van der Waals surface area (Å²) in [6, 6.07) is 16.4. The fraction of sp³-hybridized carbons (Fsp3) is 0.667. The first-order valence-electron chi connectivity index (χ1n) is 21.0. The van der Waals surface area contributed by atoms with E-state index in [1.54, 1.807) is 27.7 Å². The first kappa shape index (κ1) is 48.6. The van der Waals surface area contributed by atoms with Gasteiger partial charge >= 0.3 is 0 Å². The molecule has 0 bridgehead atoms. The predicted molar refractivity (Wildman–Crippen MR) is 221 cm³/mol. The molecule has 2 amide bonds. The summed E-state index contributed by atoms with van der Waals surface area (Å²) in [6.07, 6.45) is -9.06. The zero-order valence-electron chi connectivity index (χ0n) is 36.5. The fourth-order valence-corrected chi connectivity index (χ4v) is 7.91. The van der Waals surface area contributed by atoms with Crippen molar-refractivity contribution in [3.8, 4) is 0 Å². The third kappa shape index (κ3) is 11.6. The van der Waals surface area contributed by atoms with Crippen molar-refractivity contribution in [1.29, 1.82) is 0 Å². The van der Waals surface area contributed by atoms with E-state index in [1.165, 1.54) is 9.80 Å². The molecular weight excluding hydrogens is 809 g/mol. The molecule has 6 rings (SSSR count). The van der Waals surface area contributed by atoms with E-state index in [2.05, 4.69) is 20.1 Å². The maximum absolute atomic E-state index is 12.9. The highest BCUT2D eigenvalue weighted by Gasteiger charge is 2.60. The van der Waals surface area contributed by atoms with Crippen molar-refractivity contribution in [1.82, 2.24) is 9.80 Å². The minimum atomic E-state index is -1.44. The molecule has 0 spiro atoms. The molecule has 4 aliphatic heterocycles. The van der Waals surface area contributed by atoms with Crippen LogP contribution in [-0.4, -0.2) is 143 Å². The summed E-state index contributed by atoms with van der Waals surface area (Å²) in [7, 11) is 0. The van der Waals surface area contributed by atoms with Gasteiger partial charge in [-0.25, -0.2) is 0 Å². The Morgan fingerprint density at radius 1 is 0.645 bits per heavy atom. The van der Waals surface area contributed by atoms with E-state index in [1.807, 2.05) is 88.4 Å². The SMILES string of the molecule is CCN(CC)C(=O)[C@@H](N=[N+]=[N-])[C@@H](O)[C@H]1O[C@@H]2OC(C)(C)O[C@@H]2[C@H]1OCc1ccccc1.CCN(CC)C(=O)[C@@H](N=[N+]=[N-])[C@@H](O)[C@H]1O[C@@H]2OC(C)(C)O[C@@H]2[C@H]1OCc1ccccc1. The smallest absolute Gasteiger partial charge is 0.234 e. The average molecular weight is 869 g/mol. The molecule has 20 heteroatoms. The van der Waals surface area contributed by atoms with E-state index in [4.69, 9.17) is 49.0 Å². The molecule has 2 N–H and O–H groups in total. The second kappa shape index (κ2) is 21.8. The molecule has 0 radical (unpaired) electrons. The van der Waals surface area contributed by atoms with Crippen molar-refractivity contribution in [3.63, 3.8) is 0 Å². The molecule has 340 valence electrons. The minimum absolute atomic E-state index is 0.251. The quantitative estimate of drug-likeness (QED) is 0.117. The maximum Gasteiger partial charge on any atom is 0.234 e. The maximum atomic E-state index is 12.9. The van der Waals surface area contributed by atoms with Crippen molar-refractivity contribution in [3.05, 3.63) is 92.7 Å². The van der Waals surface area contributed by atoms with Gasteiger partial charge in [0.05, 0.1) is 13.2 Å². The Bertz CT molecular complexity index is 1730. The van der Waals surface area contributed by atoms with Crippen molar-refractivity contribution in [2.75, 3.05) is 26.2 Å². The second-order valence-corrected chi connectivity index (χ2v) is 16.0. The van der Waals surface area contributed by atoms with E-state index in [0.717, 1.165) is 11.1 Å². The molecule has 4 saturated heterocycles. The van der Waals surface area contributed by atoms with Crippen LogP contribution in [0.25, 0.3) is 20.9 Å². The standard InChI is InChI=1S/2C21H30N4O6/c2*1-5-25(6-2)19(27)14(23-24-22)15(26)16-17(28-12-13-10-8-7-9-11-13)18-20(29-16)31-21(3,4)30-18/h2*7-11,14-18,20,26H,5-6,12H2,1-4H3/t2*14-,15+,16+,17-,18+,20+/m00/s1. The molecule has 0 saturated carbocycles. The number of nitrogens with zero attached hydrogens (tertiary/aromatic N) is 8. The van der Waals surface area contributed by atoms with E-state index in [-0.39, 0.29) is 13.2 Å². The van der Waals surface area contributed by atoms with Gasteiger partial charge in [-0.2, -0.15) is 0 Å². The summed E-state index contributed by atoms with van der Waals surface area (Å²) in [5, 5.41) is 29.3. The van der Waals surface area contributed by atoms with Crippen LogP contribution in [0, 0.1) is 0 Å². The van der Waals surface area contributed by atoms with Crippen LogP contribution >= 0.6 is 0 Å². The number of aliphatic hydroxyl groups excluding tert-OH is 2. The van der Waals surface area contributed by atoms with Crippen LogP contribution in [0.1, 0.15) is 66.5 Å². The highest BCUT2D eigenvalue weighted by molar-refractivity contribution is 5.83. The Balaban J connectivity index is 0.000000234. The van der Waals surface area contributed by atoms with Gasteiger partial charge < -0.3 is 57.9 Å². The van der Waals surface area contributed by atoms with Crippen LogP contribution in [-0.2, 0) is 60.7 Å². The fourth-order valence-electron chi connectivity index (χ4n) is 7.91. The Hall–Kier alpha value is -4.40. The number of benzene rings is 2. The van der Waals surface area contributed by atoms with Crippen LogP contribution in [0.5, 0.6) is 0 Å². The van der Waals surface area contributed by atoms with Crippen LogP contribution < -0.4 is 0 Å². The number of rotatable bonds is 18. The number of azide groups is 2. The molecule has 0 aromatic heterocycles. The van der Waals surface area contributed by atoms with Gasteiger partial charge in [0.25, 0.3) is 0 Å². The number of amides is 2. The van der Waals surface area contributed by atoms with Gasteiger partial charge in [0.2, 0.25) is 11.8 Å². The highest BCUT2D eigenvalue weighted by atomic mass is 16.9. The largest absolute Gasteiger partial charge is 0.389 e. The summed E-state index contributed by atoms with van der Waals surface area (Å²) in [6.45, 7) is 16.5. The first-order valence-corrected chi connectivity index (χ1v) is 21.0. The van der Waals surface area contributed by atoms with Gasteiger partial charge in [-0.1, -0.05) is 70.9 Å². The van der Waals surface area contributed by atoms with Gasteiger partial charge in [0.1, 0.15) is 60.9 Å². The third-order valence-electron chi connectivity index (χ3n) is 11.0.